The smallest absolute Gasteiger partial charge is 0.254 e. The molecule has 0 atom stereocenters. The molecule has 5 rings (SSSR count). The quantitative estimate of drug-likeness (QED) is 0.270. The third-order valence-corrected chi connectivity index (χ3v) is 8.76. The number of aromatic nitrogens is 2. The zero-order valence-corrected chi connectivity index (χ0v) is 22.8. The number of carbonyl (C=O) groups is 1. The van der Waals surface area contributed by atoms with E-state index in [0.717, 1.165) is 45.0 Å². The molecule has 2 aliphatic heterocycles. The first-order chi connectivity index (χ1) is 18.4. The fourth-order valence-electron chi connectivity index (χ4n) is 5.75. The number of imidazole rings is 1. The predicted octanol–water partition coefficient (Wildman–Crippen LogP) is 3.55. The van der Waals surface area contributed by atoms with E-state index in [0.29, 0.717) is 16.8 Å². The van der Waals surface area contributed by atoms with E-state index in [-0.39, 0.29) is 24.8 Å². The zero-order chi connectivity index (χ0) is 26.5. The molecule has 9 nitrogen and oxygen atoms in total. The van der Waals surface area contributed by atoms with Crippen LogP contribution < -0.4 is 10.5 Å². The number of nitrogens with zero attached hydrogens (tertiary/aromatic N) is 4. The Morgan fingerprint density at radius 3 is 2.55 bits per heavy atom. The van der Waals surface area contributed by atoms with Gasteiger partial charge in [0.05, 0.1) is 25.1 Å². The summed E-state index contributed by atoms with van der Waals surface area (Å²) in [7, 11) is 1.75. The molecule has 4 N–H and O–H groups in total. The Morgan fingerprint density at radius 2 is 1.89 bits per heavy atom. The summed E-state index contributed by atoms with van der Waals surface area (Å²) in [4.78, 5) is 28.3. The highest BCUT2D eigenvalue weighted by molar-refractivity contribution is 7.10. The van der Waals surface area contributed by atoms with Crippen molar-refractivity contribution in [3.05, 3.63) is 69.9 Å². The Kier molecular flexibility index (Phi) is 8.11. The van der Waals surface area contributed by atoms with Gasteiger partial charge in [-0.3, -0.25) is 20.0 Å². The molecule has 2 aromatic heterocycles. The molecular formula is C28H37N7O2S. The Balaban J connectivity index is 1.13. The van der Waals surface area contributed by atoms with Crippen molar-refractivity contribution in [2.45, 2.75) is 38.9 Å². The van der Waals surface area contributed by atoms with E-state index in [2.05, 4.69) is 31.2 Å². The first kappa shape index (κ1) is 26.4. The molecule has 0 aliphatic carbocycles. The van der Waals surface area contributed by atoms with Crippen LogP contribution in [0.5, 0.6) is 5.75 Å². The van der Waals surface area contributed by atoms with Crippen molar-refractivity contribution in [3.8, 4) is 5.75 Å². The molecule has 10 heteroatoms. The van der Waals surface area contributed by atoms with Crippen molar-refractivity contribution >= 4 is 23.1 Å². The maximum absolute atomic E-state index is 13.1. The summed E-state index contributed by atoms with van der Waals surface area (Å²) in [5.41, 5.74) is 7.83. The highest BCUT2D eigenvalue weighted by Gasteiger charge is 2.40. The lowest BCUT2D eigenvalue weighted by Gasteiger charge is -2.39. The van der Waals surface area contributed by atoms with Crippen LogP contribution in [-0.2, 0) is 19.6 Å². The Morgan fingerprint density at radius 1 is 1.16 bits per heavy atom. The summed E-state index contributed by atoms with van der Waals surface area (Å²) >= 11 is 1.78. The van der Waals surface area contributed by atoms with Gasteiger partial charge in [-0.05, 0) is 73.5 Å². The van der Waals surface area contributed by atoms with Crippen LogP contribution >= 0.6 is 11.3 Å². The number of thiophene rings is 1. The van der Waals surface area contributed by atoms with Gasteiger partial charge in [-0.2, -0.15) is 0 Å². The van der Waals surface area contributed by atoms with Gasteiger partial charge in [0.25, 0.3) is 5.91 Å². The molecule has 3 aromatic rings. The van der Waals surface area contributed by atoms with E-state index < -0.39 is 0 Å². The second-order valence-corrected chi connectivity index (χ2v) is 11.6. The monoisotopic (exact) mass is 535 g/mol. The van der Waals surface area contributed by atoms with Crippen LogP contribution in [0.15, 0.2) is 48.1 Å². The summed E-state index contributed by atoms with van der Waals surface area (Å²) in [6.07, 6.45) is 7.11. The molecule has 1 spiro atoms. The third-order valence-electron chi connectivity index (χ3n) is 7.88. The van der Waals surface area contributed by atoms with Crippen LogP contribution in [0.3, 0.4) is 0 Å². The van der Waals surface area contributed by atoms with E-state index in [1.54, 1.807) is 35.7 Å². The Labute approximate surface area is 228 Å². The van der Waals surface area contributed by atoms with Gasteiger partial charge in [0, 0.05) is 37.6 Å². The first-order valence-corrected chi connectivity index (χ1v) is 14.1. The molecule has 2 saturated heterocycles. The van der Waals surface area contributed by atoms with Crippen LogP contribution in [0.1, 0.15) is 45.9 Å². The van der Waals surface area contributed by atoms with Crippen molar-refractivity contribution in [1.82, 2.24) is 24.7 Å². The average Bonchev–Trinajstić information content (AvgIpc) is 3.67. The van der Waals surface area contributed by atoms with Gasteiger partial charge in [-0.25, -0.2) is 4.98 Å². The number of carbonyl (C=O) groups excluding carboxylic acids is 1. The molecule has 0 unspecified atom stereocenters. The zero-order valence-electron chi connectivity index (χ0n) is 22.0. The molecule has 4 heterocycles. The lowest BCUT2D eigenvalue weighted by Crippen LogP contribution is -2.41. The lowest BCUT2D eigenvalue weighted by molar-refractivity contribution is 0.0764. The minimum Gasteiger partial charge on any atom is -0.496 e. The highest BCUT2D eigenvalue weighted by Crippen LogP contribution is 2.41. The van der Waals surface area contributed by atoms with Gasteiger partial charge < -0.3 is 20.4 Å². The summed E-state index contributed by atoms with van der Waals surface area (Å²) in [5, 5.41) is 9.77. The van der Waals surface area contributed by atoms with Crippen molar-refractivity contribution in [2.24, 2.45) is 11.1 Å². The van der Waals surface area contributed by atoms with Gasteiger partial charge in [0.15, 0.2) is 0 Å². The number of rotatable bonds is 10. The number of ether oxygens (including phenoxy) is 1. The number of amidine groups is 1. The van der Waals surface area contributed by atoms with E-state index >= 15 is 0 Å². The molecule has 0 saturated carbocycles. The highest BCUT2D eigenvalue weighted by atomic mass is 32.1. The molecule has 2 fully saturated rings. The maximum atomic E-state index is 13.1. The second kappa shape index (κ2) is 11.7. The van der Waals surface area contributed by atoms with Gasteiger partial charge in [0.1, 0.15) is 17.4 Å². The number of nitrogens with two attached hydrogens (primary N) is 1. The number of hydrogen-bond donors (Lipinski definition) is 3. The predicted molar refractivity (Wildman–Crippen MR) is 149 cm³/mol. The minimum absolute atomic E-state index is 0.0541. The molecule has 202 valence electrons. The number of likely N-dealkylation sites (tertiary alicyclic amines) is 2. The minimum atomic E-state index is -0.157. The lowest BCUT2D eigenvalue weighted by atomic mass is 9.78. The first-order valence-electron chi connectivity index (χ1n) is 13.2. The van der Waals surface area contributed by atoms with Crippen LogP contribution in [0.25, 0.3) is 0 Å². The SMILES string of the molecule is COc1ccsc1CN1CCC2(CC1)CCN(Cc1ccc(C(=O)N(CC(=N)N)Cc3ncc[nH]3)cc1)C2. The number of nitrogens with one attached hydrogen (secondary N) is 2. The number of H-pyrrole nitrogens is 1. The second-order valence-electron chi connectivity index (χ2n) is 10.6. The van der Waals surface area contributed by atoms with Crippen LogP contribution in [-0.4, -0.2) is 76.2 Å². The summed E-state index contributed by atoms with van der Waals surface area (Å²) in [6.45, 7) is 6.76. The van der Waals surface area contributed by atoms with Gasteiger partial charge in [-0.1, -0.05) is 12.1 Å². The fraction of sp³-hybridized carbons (Fsp3) is 0.464. The van der Waals surface area contributed by atoms with Crippen molar-refractivity contribution in [1.29, 1.82) is 5.41 Å². The molecule has 38 heavy (non-hydrogen) atoms. The van der Waals surface area contributed by atoms with Crippen LogP contribution in [0, 0.1) is 10.8 Å². The number of benzene rings is 1. The molecule has 0 radical (unpaired) electrons. The molecule has 2 aliphatic rings. The topological polar surface area (TPSA) is 115 Å². The maximum Gasteiger partial charge on any atom is 0.254 e. The number of piperidine rings is 1. The largest absolute Gasteiger partial charge is 0.496 e. The summed E-state index contributed by atoms with van der Waals surface area (Å²) in [6, 6.07) is 9.93. The van der Waals surface area contributed by atoms with Crippen molar-refractivity contribution in [3.63, 3.8) is 0 Å². The van der Waals surface area contributed by atoms with E-state index in [1.807, 2.05) is 24.3 Å². The molecule has 1 aromatic carbocycles. The summed E-state index contributed by atoms with van der Waals surface area (Å²) in [5.74, 6) is 1.46. The van der Waals surface area contributed by atoms with Crippen molar-refractivity contribution < 1.29 is 9.53 Å². The van der Waals surface area contributed by atoms with Gasteiger partial charge in [0.2, 0.25) is 0 Å². The number of hydrogen-bond acceptors (Lipinski definition) is 7. The summed E-state index contributed by atoms with van der Waals surface area (Å²) < 4.78 is 5.50. The number of amides is 1. The van der Waals surface area contributed by atoms with Crippen LogP contribution in [0.4, 0.5) is 0 Å². The average molecular weight is 536 g/mol. The van der Waals surface area contributed by atoms with Crippen molar-refractivity contribution in [2.75, 3.05) is 39.8 Å². The van der Waals surface area contributed by atoms with Gasteiger partial charge in [-0.15, -0.1) is 11.3 Å². The fourth-order valence-corrected chi connectivity index (χ4v) is 6.63. The molecule has 1 amide bonds. The van der Waals surface area contributed by atoms with Crippen LogP contribution in [0.2, 0.25) is 0 Å². The van der Waals surface area contributed by atoms with E-state index in [1.165, 1.54) is 29.7 Å². The molecular weight excluding hydrogens is 498 g/mol. The Bertz CT molecular complexity index is 1220. The third kappa shape index (κ3) is 6.25. The number of aromatic amines is 1. The van der Waals surface area contributed by atoms with Gasteiger partial charge >= 0.3 is 0 Å². The Hall–Kier alpha value is -3.21. The standard InChI is InChI=1S/C28H37N7O2S/c1-37-23-6-15-38-24(23)17-33-12-7-28(8-13-33)9-14-34(20-28)16-21-2-4-22(5-3-21)27(36)35(18-25(29)30)19-26-31-10-11-32-26/h2-6,10-11,15H,7-9,12-14,16-20H2,1H3,(H3,29,30)(H,31,32). The molecule has 0 bridgehead atoms. The van der Waals surface area contributed by atoms with E-state index in [9.17, 15) is 4.79 Å². The number of methoxy groups -OCH3 is 1. The normalized spacial score (nSPS) is 17.6. The van der Waals surface area contributed by atoms with E-state index in [4.69, 9.17) is 15.9 Å².